The van der Waals surface area contributed by atoms with Gasteiger partial charge in [0.25, 0.3) is 0 Å². The lowest BCUT2D eigenvalue weighted by molar-refractivity contribution is -0.141. The lowest BCUT2D eigenvalue weighted by Gasteiger charge is -2.07. The highest BCUT2D eigenvalue weighted by molar-refractivity contribution is 7.99. The van der Waals surface area contributed by atoms with E-state index in [1.54, 1.807) is 12.3 Å². The molecule has 2 N–H and O–H groups in total. The van der Waals surface area contributed by atoms with Gasteiger partial charge in [0.2, 0.25) is 0 Å². The molecule has 1 rings (SSSR count). The Hall–Kier alpha value is -1.14. The van der Waals surface area contributed by atoms with Crippen molar-refractivity contribution in [2.24, 2.45) is 5.73 Å². The zero-order chi connectivity index (χ0) is 10.4. The molecule has 0 saturated carbocycles. The SMILES string of the molecule is COC(=O)C(N)CSc1ccncn1. The van der Waals surface area contributed by atoms with Crippen LogP contribution in [0.15, 0.2) is 23.6 Å². The summed E-state index contributed by atoms with van der Waals surface area (Å²) in [4.78, 5) is 18.7. The van der Waals surface area contributed by atoms with Crippen molar-refractivity contribution >= 4 is 17.7 Å². The fraction of sp³-hybridized carbons (Fsp3) is 0.375. The van der Waals surface area contributed by atoms with Crippen LogP contribution in [0.3, 0.4) is 0 Å². The third-order valence-electron chi connectivity index (χ3n) is 1.47. The molecular weight excluding hydrogens is 202 g/mol. The van der Waals surface area contributed by atoms with Crippen LogP contribution in [-0.4, -0.2) is 34.8 Å². The fourth-order valence-corrected chi connectivity index (χ4v) is 1.52. The van der Waals surface area contributed by atoms with E-state index in [1.165, 1.54) is 25.2 Å². The molecule has 76 valence electrons. The quantitative estimate of drug-likeness (QED) is 0.433. The van der Waals surface area contributed by atoms with Crippen molar-refractivity contribution in [1.29, 1.82) is 0 Å². The minimum Gasteiger partial charge on any atom is -0.468 e. The molecule has 0 aliphatic rings. The molecule has 1 heterocycles. The molecule has 0 spiro atoms. The van der Waals surface area contributed by atoms with Crippen molar-refractivity contribution in [3.05, 3.63) is 18.6 Å². The van der Waals surface area contributed by atoms with Crippen LogP contribution < -0.4 is 5.73 Å². The molecule has 0 aliphatic heterocycles. The molecule has 0 saturated heterocycles. The first kappa shape index (κ1) is 10.9. The molecule has 0 bridgehead atoms. The molecule has 0 amide bonds. The minimum absolute atomic E-state index is 0.411. The van der Waals surface area contributed by atoms with Crippen molar-refractivity contribution < 1.29 is 9.53 Å². The number of methoxy groups -OCH3 is 1. The molecule has 6 heteroatoms. The molecule has 0 radical (unpaired) electrons. The number of esters is 1. The average molecular weight is 213 g/mol. The Kier molecular flexibility index (Phi) is 4.34. The van der Waals surface area contributed by atoms with Crippen LogP contribution in [0.1, 0.15) is 0 Å². The Balaban J connectivity index is 2.38. The number of nitrogens with zero attached hydrogens (tertiary/aromatic N) is 2. The highest BCUT2D eigenvalue weighted by Gasteiger charge is 2.13. The molecule has 0 aromatic carbocycles. The second-order valence-corrected chi connectivity index (χ2v) is 3.53. The Morgan fingerprint density at radius 3 is 3.14 bits per heavy atom. The topological polar surface area (TPSA) is 78.1 Å². The maximum absolute atomic E-state index is 10.9. The van der Waals surface area contributed by atoms with Crippen molar-refractivity contribution in [2.45, 2.75) is 11.1 Å². The van der Waals surface area contributed by atoms with Crippen molar-refractivity contribution in [3.63, 3.8) is 0 Å². The predicted octanol–water partition coefficient (Wildman–Crippen LogP) is 0.0690. The van der Waals surface area contributed by atoms with Crippen LogP contribution >= 0.6 is 11.8 Å². The highest BCUT2D eigenvalue weighted by Crippen LogP contribution is 2.13. The van der Waals surface area contributed by atoms with Crippen LogP contribution in [0.5, 0.6) is 0 Å². The van der Waals surface area contributed by atoms with Crippen molar-refractivity contribution in [1.82, 2.24) is 9.97 Å². The van der Waals surface area contributed by atoms with Gasteiger partial charge in [0, 0.05) is 11.9 Å². The Morgan fingerprint density at radius 1 is 1.79 bits per heavy atom. The summed E-state index contributed by atoms with van der Waals surface area (Å²) in [5, 5.41) is 0.791. The zero-order valence-electron chi connectivity index (χ0n) is 7.71. The summed E-state index contributed by atoms with van der Waals surface area (Å²) in [5.74, 6) is 0.0375. The van der Waals surface area contributed by atoms with Crippen molar-refractivity contribution in [3.8, 4) is 0 Å². The van der Waals surface area contributed by atoms with E-state index in [-0.39, 0.29) is 0 Å². The summed E-state index contributed by atoms with van der Waals surface area (Å²) >= 11 is 1.40. The molecule has 0 fully saturated rings. The van der Waals surface area contributed by atoms with Gasteiger partial charge in [0.1, 0.15) is 12.4 Å². The maximum atomic E-state index is 10.9. The lowest BCUT2D eigenvalue weighted by Crippen LogP contribution is -2.33. The second-order valence-electron chi connectivity index (χ2n) is 2.49. The van der Waals surface area contributed by atoms with Crippen LogP contribution in [0.4, 0.5) is 0 Å². The van der Waals surface area contributed by atoms with E-state index >= 15 is 0 Å². The van der Waals surface area contributed by atoms with Gasteiger partial charge in [0.05, 0.1) is 12.1 Å². The van der Waals surface area contributed by atoms with E-state index < -0.39 is 12.0 Å². The van der Waals surface area contributed by atoms with Gasteiger partial charge in [-0.3, -0.25) is 4.79 Å². The number of rotatable bonds is 4. The fourth-order valence-electron chi connectivity index (χ4n) is 0.759. The van der Waals surface area contributed by atoms with Gasteiger partial charge in [-0.2, -0.15) is 0 Å². The summed E-state index contributed by atoms with van der Waals surface area (Å²) in [6, 6.07) is 1.15. The van der Waals surface area contributed by atoms with E-state index in [9.17, 15) is 4.79 Å². The summed E-state index contributed by atoms with van der Waals surface area (Å²) in [7, 11) is 1.32. The minimum atomic E-state index is -0.611. The van der Waals surface area contributed by atoms with E-state index in [1.807, 2.05) is 0 Å². The summed E-state index contributed by atoms with van der Waals surface area (Å²) in [6.07, 6.45) is 3.09. The van der Waals surface area contributed by atoms with Gasteiger partial charge < -0.3 is 10.5 Å². The Morgan fingerprint density at radius 2 is 2.57 bits per heavy atom. The molecule has 5 nitrogen and oxygen atoms in total. The predicted molar refractivity (Wildman–Crippen MR) is 52.7 cm³/mol. The monoisotopic (exact) mass is 213 g/mol. The van der Waals surface area contributed by atoms with Gasteiger partial charge in [-0.25, -0.2) is 9.97 Å². The number of hydrogen-bond acceptors (Lipinski definition) is 6. The largest absolute Gasteiger partial charge is 0.468 e. The molecule has 1 aromatic rings. The summed E-state index contributed by atoms with van der Waals surface area (Å²) < 4.78 is 4.49. The van der Waals surface area contributed by atoms with Gasteiger partial charge in [-0.1, -0.05) is 0 Å². The van der Waals surface area contributed by atoms with E-state index in [0.29, 0.717) is 5.75 Å². The highest BCUT2D eigenvalue weighted by atomic mass is 32.2. The van der Waals surface area contributed by atoms with Crippen molar-refractivity contribution in [2.75, 3.05) is 12.9 Å². The number of nitrogens with two attached hydrogens (primary N) is 1. The van der Waals surface area contributed by atoms with Gasteiger partial charge in [-0.05, 0) is 6.07 Å². The zero-order valence-corrected chi connectivity index (χ0v) is 8.53. The van der Waals surface area contributed by atoms with Crippen LogP contribution in [-0.2, 0) is 9.53 Å². The number of ether oxygens (including phenoxy) is 1. The van der Waals surface area contributed by atoms with Crippen LogP contribution in [0.2, 0.25) is 0 Å². The van der Waals surface area contributed by atoms with E-state index in [2.05, 4.69) is 14.7 Å². The molecule has 1 atom stereocenters. The normalized spacial score (nSPS) is 12.1. The first-order valence-corrected chi connectivity index (χ1v) is 4.95. The van der Waals surface area contributed by atoms with E-state index in [4.69, 9.17) is 5.73 Å². The molecular formula is C8H11N3O2S. The molecule has 0 aliphatic carbocycles. The summed E-state index contributed by atoms with van der Waals surface area (Å²) in [5.41, 5.74) is 5.54. The maximum Gasteiger partial charge on any atom is 0.323 e. The third-order valence-corrected chi connectivity index (χ3v) is 2.53. The summed E-state index contributed by atoms with van der Waals surface area (Å²) in [6.45, 7) is 0. The van der Waals surface area contributed by atoms with Gasteiger partial charge in [-0.15, -0.1) is 11.8 Å². The Labute approximate surface area is 86.1 Å². The first-order chi connectivity index (χ1) is 6.74. The van der Waals surface area contributed by atoms with Gasteiger partial charge in [0.15, 0.2) is 0 Å². The van der Waals surface area contributed by atoms with Crippen LogP contribution in [0, 0.1) is 0 Å². The van der Waals surface area contributed by atoms with Gasteiger partial charge >= 0.3 is 5.97 Å². The average Bonchev–Trinajstić information content (AvgIpc) is 2.26. The number of carbonyl (C=O) groups excluding carboxylic acids is 1. The number of carbonyl (C=O) groups is 1. The van der Waals surface area contributed by atoms with E-state index in [0.717, 1.165) is 5.03 Å². The smallest absolute Gasteiger partial charge is 0.323 e. The molecule has 14 heavy (non-hydrogen) atoms. The lowest BCUT2D eigenvalue weighted by atomic mass is 10.4. The number of hydrogen-bond donors (Lipinski definition) is 1. The standard InChI is InChI=1S/C8H11N3O2S/c1-13-8(12)6(9)4-14-7-2-3-10-5-11-7/h2-3,5-6H,4,9H2,1H3. The second kappa shape index (κ2) is 5.56. The van der Waals surface area contributed by atoms with Crippen LogP contribution in [0.25, 0.3) is 0 Å². The molecule has 1 unspecified atom stereocenters. The molecule has 1 aromatic heterocycles. The number of thioether (sulfide) groups is 1. The number of aromatic nitrogens is 2. The first-order valence-electron chi connectivity index (χ1n) is 3.96. The third kappa shape index (κ3) is 3.31. The Bertz CT molecular complexity index is 294.